The minimum Gasteiger partial charge on any atom is -0.344 e. The van der Waals surface area contributed by atoms with Crippen LogP contribution in [0.25, 0.3) is 5.69 Å². The molecule has 0 saturated carbocycles. The molecule has 0 fully saturated rings. The Hall–Kier alpha value is -2.65. The maximum atomic E-state index is 12.2. The predicted octanol–water partition coefficient (Wildman–Crippen LogP) is 2.29. The van der Waals surface area contributed by atoms with Crippen molar-refractivity contribution in [1.82, 2.24) is 19.6 Å². The third-order valence-corrected chi connectivity index (χ3v) is 4.26. The molecule has 0 bridgehead atoms. The summed E-state index contributed by atoms with van der Waals surface area (Å²) >= 11 is 0. The number of likely N-dealkylation sites (N-methyl/N-ethyl adjacent to an activating group) is 2. The topological polar surface area (TPSA) is 65.2 Å². The first-order valence-electron chi connectivity index (χ1n) is 8.34. The molecule has 1 amide bonds. The number of aryl methyl sites for hydroxylation is 1. The average molecular weight is 339 g/mol. The van der Waals surface area contributed by atoms with Crippen molar-refractivity contribution in [1.29, 1.82) is 5.26 Å². The SMILES string of the molecule is Cc1nn(-c2ccccc2)c(C)c1CN(C)CC(=O)N(C)CCC#N. The Morgan fingerprint density at radius 1 is 1.24 bits per heavy atom. The number of nitrogens with zero attached hydrogens (tertiary/aromatic N) is 5. The van der Waals surface area contributed by atoms with Crippen molar-refractivity contribution in [2.45, 2.75) is 26.8 Å². The number of hydrogen-bond donors (Lipinski definition) is 0. The van der Waals surface area contributed by atoms with Crippen LogP contribution in [0.4, 0.5) is 0 Å². The van der Waals surface area contributed by atoms with E-state index in [1.165, 1.54) is 0 Å². The minimum atomic E-state index is 0.0171. The van der Waals surface area contributed by atoms with Gasteiger partial charge in [0.25, 0.3) is 0 Å². The zero-order valence-corrected chi connectivity index (χ0v) is 15.4. The lowest BCUT2D eigenvalue weighted by molar-refractivity contribution is -0.130. The smallest absolute Gasteiger partial charge is 0.236 e. The molecule has 0 N–H and O–H groups in total. The second-order valence-corrected chi connectivity index (χ2v) is 6.29. The van der Waals surface area contributed by atoms with E-state index in [0.29, 0.717) is 26.1 Å². The van der Waals surface area contributed by atoms with Crippen LogP contribution in [0.2, 0.25) is 0 Å². The fourth-order valence-electron chi connectivity index (χ4n) is 2.74. The van der Waals surface area contributed by atoms with E-state index in [9.17, 15) is 4.79 Å². The fourth-order valence-corrected chi connectivity index (χ4v) is 2.74. The van der Waals surface area contributed by atoms with Crippen LogP contribution in [0.5, 0.6) is 0 Å². The Balaban J connectivity index is 2.07. The third-order valence-electron chi connectivity index (χ3n) is 4.26. The van der Waals surface area contributed by atoms with Crippen molar-refractivity contribution >= 4 is 5.91 Å². The van der Waals surface area contributed by atoms with Crippen molar-refractivity contribution in [3.8, 4) is 11.8 Å². The summed E-state index contributed by atoms with van der Waals surface area (Å²) in [6.07, 6.45) is 0.355. The van der Waals surface area contributed by atoms with Crippen molar-refractivity contribution in [3.05, 3.63) is 47.3 Å². The molecule has 0 aliphatic carbocycles. The summed E-state index contributed by atoms with van der Waals surface area (Å²) in [4.78, 5) is 15.8. The first-order valence-corrected chi connectivity index (χ1v) is 8.34. The van der Waals surface area contributed by atoms with Gasteiger partial charge in [-0.2, -0.15) is 10.4 Å². The lowest BCUT2D eigenvalue weighted by Gasteiger charge is -2.21. The highest BCUT2D eigenvalue weighted by molar-refractivity contribution is 5.77. The molecule has 132 valence electrons. The Labute approximate surface area is 149 Å². The first kappa shape index (κ1) is 18.7. The van der Waals surface area contributed by atoms with Crippen molar-refractivity contribution in [3.63, 3.8) is 0 Å². The summed E-state index contributed by atoms with van der Waals surface area (Å²) in [5, 5.41) is 13.3. The van der Waals surface area contributed by atoms with Gasteiger partial charge < -0.3 is 4.90 Å². The van der Waals surface area contributed by atoms with Gasteiger partial charge in [-0.15, -0.1) is 0 Å². The Kier molecular flexibility index (Phi) is 6.31. The monoisotopic (exact) mass is 339 g/mol. The van der Waals surface area contributed by atoms with Gasteiger partial charge in [-0.3, -0.25) is 9.69 Å². The summed E-state index contributed by atoms with van der Waals surface area (Å²) in [5.74, 6) is 0.0171. The van der Waals surface area contributed by atoms with Crippen molar-refractivity contribution < 1.29 is 4.79 Å². The number of nitriles is 1. The van der Waals surface area contributed by atoms with E-state index in [4.69, 9.17) is 5.26 Å². The number of carbonyl (C=O) groups is 1. The number of amides is 1. The number of hydrogen-bond acceptors (Lipinski definition) is 4. The highest BCUT2D eigenvalue weighted by atomic mass is 16.2. The van der Waals surface area contributed by atoms with E-state index in [1.54, 1.807) is 11.9 Å². The molecule has 0 radical (unpaired) electrons. The third kappa shape index (κ3) is 4.68. The van der Waals surface area contributed by atoms with E-state index in [0.717, 1.165) is 22.6 Å². The Morgan fingerprint density at radius 2 is 1.92 bits per heavy atom. The van der Waals surface area contributed by atoms with Gasteiger partial charge in [0.2, 0.25) is 5.91 Å². The number of rotatable bonds is 7. The number of aromatic nitrogens is 2. The van der Waals surface area contributed by atoms with Crippen LogP contribution in [-0.4, -0.2) is 52.7 Å². The summed E-state index contributed by atoms with van der Waals surface area (Å²) in [7, 11) is 3.66. The Bertz CT molecular complexity index is 760. The van der Waals surface area contributed by atoms with Crippen molar-refractivity contribution in [2.75, 3.05) is 27.2 Å². The van der Waals surface area contributed by atoms with Crippen LogP contribution in [0.1, 0.15) is 23.4 Å². The highest BCUT2D eigenvalue weighted by Crippen LogP contribution is 2.19. The zero-order valence-electron chi connectivity index (χ0n) is 15.4. The molecule has 6 heteroatoms. The first-order chi connectivity index (χ1) is 11.9. The molecule has 0 aliphatic heterocycles. The Morgan fingerprint density at radius 3 is 2.56 bits per heavy atom. The van der Waals surface area contributed by atoms with Gasteiger partial charge >= 0.3 is 0 Å². The second-order valence-electron chi connectivity index (χ2n) is 6.29. The molecular weight excluding hydrogens is 314 g/mol. The van der Waals surface area contributed by atoms with Crippen LogP contribution in [0, 0.1) is 25.2 Å². The van der Waals surface area contributed by atoms with Crippen LogP contribution in [-0.2, 0) is 11.3 Å². The van der Waals surface area contributed by atoms with Crippen molar-refractivity contribution in [2.24, 2.45) is 0 Å². The van der Waals surface area contributed by atoms with Crippen LogP contribution in [0.15, 0.2) is 30.3 Å². The molecule has 2 aromatic rings. The molecule has 0 atom stereocenters. The van der Waals surface area contributed by atoms with Crippen LogP contribution < -0.4 is 0 Å². The molecule has 2 rings (SSSR count). The predicted molar refractivity (Wildman–Crippen MR) is 97.2 cm³/mol. The van der Waals surface area contributed by atoms with E-state index >= 15 is 0 Å². The van der Waals surface area contributed by atoms with E-state index in [1.807, 2.05) is 53.9 Å². The molecule has 1 aromatic carbocycles. The molecule has 0 aliphatic rings. The standard InChI is InChI=1S/C19H25N5O/c1-15-18(13-22(3)14-19(25)23(4)12-8-11-20)16(2)24(21-15)17-9-6-5-7-10-17/h5-7,9-10H,8,12-14H2,1-4H3. The van der Waals surface area contributed by atoms with Gasteiger partial charge in [0.05, 0.1) is 30.4 Å². The minimum absolute atomic E-state index is 0.0171. The number of benzene rings is 1. The van der Waals surface area contributed by atoms with Gasteiger partial charge in [-0.05, 0) is 33.0 Å². The average Bonchev–Trinajstić information content (AvgIpc) is 2.88. The van der Waals surface area contributed by atoms with Gasteiger partial charge in [0, 0.05) is 31.4 Å². The zero-order chi connectivity index (χ0) is 18.4. The van der Waals surface area contributed by atoms with E-state index in [-0.39, 0.29) is 5.91 Å². The molecule has 1 aromatic heterocycles. The van der Waals surface area contributed by atoms with E-state index in [2.05, 4.69) is 18.1 Å². The second kappa shape index (κ2) is 8.45. The summed E-state index contributed by atoms with van der Waals surface area (Å²) < 4.78 is 1.94. The molecule has 0 spiro atoms. The van der Waals surface area contributed by atoms with Crippen LogP contribution >= 0.6 is 0 Å². The molecular formula is C19H25N5O. The number of carbonyl (C=O) groups excluding carboxylic acids is 1. The molecule has 6 nitrogen and oxygen atoms in total. The molecule has 25 heavy (non-hydrogen) atoms. The summed E-state index contributed by atoms with van der Waals surface area (Å²) in [6.45, 7) is 5.49. The number of para-hydroxylation sites is 1. The summed E-state index contributed by atoms with van der Waals surface area (Å²) in [6, 6.07) is 12.1. The largest absolute Gasteiger partial charge is 0.344 e. The highest BCUT2D eigenvalue weighted by Gasteiger charge is 2.17. The molecule has 1 heterocycles. The van der Waals surface area contributed by atoms with Crippen LogP contribution in [0.3, 0.4) is 0 Å². The van der Waals surface area contributed by atoms with Gasteiger partial charge in [0.15, 0.2) is 0 Å². The lowest BCUT2D eigenvalue weighted by atomic mass is 10.2. The maximum absolute atomic E-state index is 12.2. The molecule has 0 unspecified atom stereocenters. The fraction of sp³-hybridized carbons (Fsp3) is 0.421. The van der Waals surface area contributed by atoms with Gasteiger partial charge in [-0.1, -0.05) is 18.2 Å². The quantitative estimate of drug-likeness (QED) is 0.776. The maximum Gasteiger partial charge on any atom is 0.236 e. The molecule has 0 saturated heterocycles. The van der Waals surface area contributed by atoms with E-state index < -0.39 is 0 Å². The summed E-state index contributed by atoms with van der Waals surface area (Å²) in [5.41, 5.74) is 4.22. The normalized spacial score (nSPS) is 10.7. The lowest BCUT2D eigenvalue weighted by Crippen LogP contribution is -2.36. The van der Waals surface area contributed by atoms with Gasteiger partial charge in [0.1, 0.15) is 0 Å². The van der Waals surface area contributed by atoms with Gasteiger partial charge in [-0.25, -0.2) is 4.68 Å².